The molecule has 0 unspecified atom stereocenters. The van der Waals surface area contributed by atoms with Crippen molar-refractivity contribution in [2.45, 2.75) is 45.4 Å². The highest BCUT2D eigenvalue weighted by molar-refractivity contribution is 4.69. The zero-order chi connectivity index (χ0) is 10.9. The second-order valence-corrected chi connectivity index (χ2v) is 4.90. The number of methoxy groups -OCH3 is 1. The lowest BCUT2D eigenvalue weighted by atomic mass is 9.83. The number of ether oxygens (including phenoxy) is 2. The third kappa shape index (κ3) is 6.16. The van der Waals surface area contributed by atoms with Crippen molar-refractivity contribution in [1.82, 2.24) is 0 Å². The van der Waals surface area contributed by atoms with Crippen LogP contribution in [0.1, 0.15) is 45.4 Å². The summed E-state index contributed by atoms with van der Waals surface area (Å²) in [6.07, 6.45) is 7.81. The fourth-order valence-electron chi connectivity index (χ4n) is 2.20. The van der Waals surface area contributed by atoms with Crippen LogP contribution in [-0.4, -0.2) is 26.9 Å². The fraction of sp³-hybridized carbons (Fsp3) is 1.00. The van der Waals surface area contributed by atoms with Gasteiger partial charge in [-0.05, 0) is 37.5 Å². The van der Waals surface area contributed by atoms with E-state index in [4.69, 9.17) is 9.47 Å². The summed E-state index contributed by atoms with van der Waals surface area (Å²) in [4.78, 5) is 0. The molecule has 15 heavy (non-hydrogen) atoms. The van der Waals surface area contributed by atoms with E-state index in [1.54, 1.807) is 7.11 Å². The smallest absolute Gasteiger partial charge is 0.0494 e. The molecule has 0 aromatic rings. The van der Waals surface area contributed by atoms with Gasteiger partial charge in [0.15, 0.2) is 0 Å². The van der Waals surface area contributed by atoms with E-state index in [0.29, 0.717) is 0 Å². The molecule has 0 aromatic carbocycles. The van der Waals surface area contributed by atoms with Crippen LogP contribution < -0.4 is 0 Å². The molecule has 1 aliphatic rings. The lowest BCUT2D eigenvalue weighted by Gasteiger charge is -2.25. The molecule has 0 heterocycles. The van der Waals surface area contributed by atoms with E-state index in [9.17, 15) is 0 Å². The van der Waals surface area contributed by atoms with E-state index in [2.05, 4.69) is 6.92 Å². The Morgan fingerprint density at radius 1 is 1.00 bits per heavy atom. The molecule has 0 atom stereocenters. The summed E-state index contributed by atoms with van der Waals surface area (Å²) in [6.45, 7) is 5.13. The predicted octanol–water partition coefficient (Wildman–Crippen LogP) is 3.26. The fourth-order valence-corrected chi connectivity index (χ4v) is 2.20. The molecule has 0 radical (unpaired) electrons. The molecule has 0 amide bonds. The molecular formula is C13H26O2. The van der Waals surface area contributed by atoms with Crippen LogP contribution in [0.15, 0.2) is 0 Å². The van der Waals surface area contributed by atoms with Gasteiger partial charge >= 0.3 is 0 Å². The van der Waals surface area contributed by atoms with Gasteiger partial charge in [-0.1, -0.05) is 19.8 Å². The summed E-state index contributed by atoms with van der Waals surface area (Å²) in [7, 11) is 1.75. The minimum Gasteiger partial charge on any atom is -0.385 e. The van der Waals surface area contributed by atoms with Crippen molar-refractivity contribution in [3.05, 3.63) is 0 Å². The maximum absolute atomic E-state index is 5.70. The van der Waals surface area contributed by atoms with Crippen molar-refractivity contribution < 1.29 is 9.47 Å². The minimum absolute atomic E-state index is 0.837. The molecular weight excluding hydrogens is 188 g/mol. The summed E-state index contributed by atoms with van der Waals surface area (Å²) in [6, 6.07) is 0. The van der Waals surface area contributed by atoms with E-state index in [1.807, 2.05) is 0 Å². The summed E-state index contributed by atoms with van der Waals surface area (Å²) in [5.41, 5.74) is 0. The van der Waals surface area contributed by atoms with Crippen LogP contribution in [0, 0.1) is 11.8 Å². The van der Waals surface area contributed by atoms with Crippen molar-refractivity contribution in [1.29, 1.82) is 0 Å². The van der Waals surface area contributed by atoms with Crippen molar-refractivity contribution >= 4 is 0 Å². The van der Waals surface area contributed by atoms with E-state index >= 15 is 0 Å². The first kappa shape index (κ1) is 13.0. The van der Waals surface area contributed by atoms with Crippen LogP contribution in [0.2, 0.25) is 0 Å². The largest absolute Gasteiger partial charge is 0.385 e. The van der Waals surface area contributed by atoms with Crippen LogP contribution in [0.5, 0.6) is 0 Å². The van der Waals surface area contributed by atoms with Crippen LogP contribution >= 0.6 is 0 Å². The summed E-state index contributed by atoms with van der Waals surface area (Å²) in [5, 5.41) is 0. The first-order chi connectivity index (χ1) is 7.33. The Labute approximate surface area is 94.3 Å². The molecule has 0 N–H and O–H groups in total. The van der Waals surface area contributed by atoms with Gasteiger partial charge in [-0.3, -0.25) is 0 Å². The third-order valence-corrected chi connectivity index (χ3v) is 3.38. The van der Waals surface area contributed by atoms with Gasteiger partial charge in [0, 0.05) is 26.9 Å². The topological polar surface area (TPSA) is 18.5 Å². The Hall–Kier alpha value is -0.0800. The Balaban J connectivity index is 1.87. The Bertz CT molecular complexity index is 139. The first-order valence-corrected chi connectivity index (χ1v) is 6.39. The highest BCUT2D eigenvalue weighted by atomic mass is 16.5. The third-order valence-electron chi connectivity index (χ3n) is 3.38. The number of hydrogen-bond acceptors (Lipinski definition) is 2. The normalized spacial score (nSPS) is 26.8. The van der Waals surface area contributed by atoms with Crippen molar-refractivity contribution in [3.63, 3.8) is 0 Å². The Kier molecular flexibility index (Phi) is 7.03. The van der Waals surface area contributed by atoms with Gasteiger partial charge in [0.05, 0.1) is 0 Å². The van der Waals surface area contributed by atoms with E-state index in [1.165, 1.54) is 25.7 Å². The quantitative estimate of drug-likeness (QED) is 0.606. The van der Waals surface area contributed by atoms with Gasteiger partial charge < -0.3 is 9.47 Å². The Morgan fingerprint density at radius 3 is 2.33 bits per heavy atom. The van der Waals surface area contributed by atoms with Gasteiger partial charge in [0.1, 0.15) is 0 Å². The average Bonchev–Trinajstić information content (AvgIpc) is 2.26. The highest BCUT2D eigenvalue weighted by Gasteiger charge is 2.17. The number of unbranched alkanes of at least 4 members (excludes halogenated alkanes) is 1. The zero-order valence-electron chi connectivity index (χ0n) is 10.3. The van der Waals surface area contributed by atoms with E-state index < -0.39 is 0 Å². The van der Waals surface area contributed by atoms with Gasteiger partial charge in [-0.15, -0.1) is 0 Å². The molecule has 1 saturated carbocycles. The van der Waals surface area contributed by atoms with E-state index in [0.717, 1.165) is 44.5 Å². The molecule has 0 spiro atoms. The van der Waals surface area contributed by atoms with Crippen LogP contribution in [0.25, 0.3) is 0 Å². The summed E-state index contributed by atoms with van der Waals surface area (Å²) in [5.74, 6) is 1.78. The molecule has 2 heteroatoms. The molecule has 2 nitrogen and oxygen atoms in total. The van der Waals surface area contributed by atoms with Crippen LogP contribution in [0.3, 0.4) is 0 Å². The Morgan fingerprint density at radius 2 is 1.67 bits per heavy atom. The second kappa shape index (κ2) is 8.12. The lowest BCUT2D eigenvalue weighted by Crippen LogP contribution is -2.17. The van der Waals surface area contributed by atoms with Crippen molar-refractivity contribution in [2.24, 2.45) is 11.8 Å². The summed E-state index contributed by atoms with van der Waals surface area (Å²) >= 11 is 0. The lowest BCUT2D eigenvalue weighted by molar-refractivity contribution is 0.0726. The predicted molar refractivity (Wildman–Crippen MR) is 63.1 cm³/mol. The first-order valence-electron chi connectivity index (χ1n) is 6.39. The molecule has 0 aliphatic heterocycles. The molecule has 0 aromatic heterocycles. The molecule has 90 valence electrons. The van der Waals surface area contributed by atoms with E-state index in [-0.39, 0.29) is 0 Å². The van der Waals surface area contributed by atoms with Gasteiger partial charge in [-0.2, -0.15) is 0 Å². The number of rotatable bonds is 7. The zero-order valence-corrected chi connectivity index (χ0v) is 10.3. The van der Waals surface area contributed by atoms with Crippen LogP contribution in [-0.2, 0) is 9.47 Å². The van der Waals surface area contributed by atoms with Gasteiger partial charge in [-0.25, -0.2) is 0 Å². The molecule has 0 saturated heterocycles. The second-order valence-electron chi connectivity index (χ2n) is 4.90. The van der Waals surface area contributed by atoms with Crippen LogP contribution in [0.4, 0.5) is 0 Å². The van der Waals surface area contributed by atoms with Gasteiger partial charge in [0.2, 0.25) is 0 Å². The highest BCUT2D eigenvalue weighted by Crippen LogP contribution is 2.28. The average molecular weight is 214 g/mol. The monoisotopic (exact) mass is 214 g/mol. The van der Waals surface area contributed by atoms with Gasteiger partial charge in [0.25, 0.3) is 0 Å². The molecule has 1 fully saturated rings. The van der Waals surface area contributed by atoms with Crippen molar-refractivity contribution in [3.8, 4) is 0 Å². The maximum Gasteiger partial charge on any atom is 0.0494 e. The SMILES string of the molecule is COCCCCOCC1CCC(C)CC1. The van der Waals surface area contributed by atoms with Crippen molar-refractivity contribution in [2.75, 3.05) is 26.9 Å². The molecule has 1 aliphatic carbocycles. The maximum atomic E-state index is 5.70. The molecule has 0 bridgehead atoms. The summed E-state index contributed by atoms with van der Waals surface area (Å²) < 4.78 is 10.7. The standard InChI is InChI=1S/C13H26O2/c1-12-5-7-13(8-6-12)11-15-10-4-3-9-14-2/h12-13H,3-11H2,1-2H3. The molecule has 1 rings (SSSR count). The minimum atomic E-state index is 0.837. The number of hydrogen-bond donors (Lipinski definition) is 0.